The minimum atomic E-state index is -0.0542. The molecule has 6 nitrogen and oxygen atoms in total. The van der Waals surface area contributed by atoms with Gasteiger partial charge < -0.3 is 10.2 Å². The van der Waals surface area contributed by atoms with Crippen LogP contribution in [-0.2, 0) is 4.79 Å². The third-order valence-electron chi connectivity index (χ3n) is 4.19. The first kappa shape index (κ1) is 15.8. The van der Waals surface area contributed by atoms with Crippen LogP contribution >= 0.6 is 11.6 Å². The molecular weight excluding hydrogens is 338 g/mol. The van der Waals surface area contributed by atoms with E-state index in [1.165, 1.54) is 0 Å². The van der Waals surface area contributed by atoms with Crippen LogP contribution in [0.15, 0.2) is 42.6 Å². The van der Waals surface area contributed by atoms with Crippen molar-refractivity contribution >= 4 is 40.0 Å². The fourth-order valence-electron chi connectivity index (χ4n) is 3.08. The number of rotatable bonds is 3. The lowest BCUT2D eigenvalue weighted by Gasteiger charge is -2.19. The second-order valence-corrected chi connectivity index (χ2v) is 6.40. The average molecular weight is 354 g/mol. The van der Waals surface area contributed by atoms with Crippen LogP contribution in [0.2, 0.25) is 5.02 Å². The van der Waals surface area contributed by atoms with Gasteiger partial charge >= 0.3 is 0 Å². The lowest BCUT2D eigenvalue weighted by molar-refractivity contribution is -0.117. The molecule has 0 aliphatic carbocycles. The Balaban J connectivity index is 1.61. The number of fused-ring (bicyclic) bond motifs is 1. The van der Waals surface area contributed by atoms with Gasteiger partial charge in [-0.25, -0.2) is 15.0 Å². The van der Waals surface area contributed by atoms with E-state index in [1.807, 2.05) is 37.3 Å². The molecule has 0 spiro atoms. The van der Waals surface area contributed by atoms with E-state index in [-0.39, 0.29) is 11.9 Å². The Kier molecular flexibility index (Phi) is 3.97. The standard InChI is InChI=1S/C18H16ClN5O/c1-11-21-17-13(5-4-8-20-17)18(22-11)23-12-9-16(25)24(10-12)15-7-3-2-6-14(15)19/h2-8,12H,9-10H2,1H3,(H,20,21,22,23)/t12-/m1/s1. The largest absolute Gasteiger partial charge is 0.364 e. The molecule has 2 aromatic heterocycles. The van der Waals surface area contributed by atoms with Gasteiger partial charge in [0.2, 0.25) is 5.91 Å². The summed E-state index contributed by atoms with van der Waals surface area (Å²) < 4.78 is 0. The molecule has 0 unspecified atom stereocenters. The molecule has 1 aliphatic rings. The van der Waals surface area contributed by atoms with Crippen LogP contribution in [0.3, 0.4) is 0 Å². The van der Waals surface area contributed by atoms with Crippen molar-refractivity contribution in [3.05, 3.63) is 53.4 Å². The molecule has 0 radical (unpaired) electrons. The van der Waals surface area contributed by atoms with Crippen LogP contribution < -0.4 is 10.2 Å². The predicted molar refractivity (Wildman–Crippen MR) is 97.9 cm³/mol. The summed E-state index contributed by atoms with van der Waals surface area (Å²) in [7, 11) is 0. The van der Waals surface area contributed by atoms with Crippen LogP contribution in [0, 0.1) is 6.92 Å². The monoisotopic (exact) mass is 353 g/mol. The number of hydrogen-bond donors (Lipinski definition) is 1. The number of carbonyl (C=O) groups is 1. The van der Waals surface area contributed by atoms with E-state index in [0.29, 0.717) is 35.3 Å². The van der Waals surface area contributed by atoms with Crippen LogP contribution in [0.5, 0.6) is 0 Å². The molecule has 1 amide bonds. The summed E-state index contributed by atoms with van der Waals surface area (Å²) in [4.78, 5) is 27.3. The zero-order valence-corrected chi connectivity index (χ0v) is 14.4. The van der Waals surface area contributed by atoms with E-state index in [2.05, 4.69) is 20.3 Å². The topological polar surface area (TPSA) is 71.0 Å². The highest BCUT2D eigenvalue weighted by molar-refractivity contribution is 6.33. The first-order valence-electron chi connectivity index (χ1n) is 8.02. The van der Waals surface area contributed by atoms with E-state index in [9.17, 15) is 4.79 Å². The summed E-state index contributed by atoms with van der Waals surface area (Å²) in [6.07, 6.45) is 2.09. The van der Waals surface area contributed by atoms with Gasteiger partial charge in [-0.3, -0.25) is 4.79 Å². The summed E-state index contributed by atoms with van der Waals surface area (Å²) >= 11 is 6.23. The Labute approximate surface area is 149 Å². The van der Waals surface area contributed by atoms with Gasteiger partial charge in [0.15, 0.2) is 5.65 Å². The maximum absolute atomic E-state index is 12.4. The number of carbonyl (C=O) groups excluding carboxylic acids is 1. The lowest BCUT2D eigenvalue weighted by atomic mass is 10.2. The van der Waals surface area contributed by atoms with Gasteiger partial charge in [-0.05, 0) is 31.2 Å². The Hall–Kier alpha value is -2.73. The number of amides is 1. The first-order chi connectivity index (χ1) is 12.1. The molecule has 3 heterocycles. The number of anilines is 2. The highest BCUT2D eigenvalue weighted by Crippen LogP contribution is 2.30. The van der Waals surface area contributed by atoms with Gasteiger partial charge in [-0.15, -0.1) is 0 Å². The number of benzene rings is 1. The van der Waals surface area contributed by atoms with Crippen LogP contribution in [0.25, 0.3) is 11.0 Å². The third-order valence-corrected chi connectivity index (χ3v) is 4.51. The fourth-order valence-corrected chi connectivity index (χ4v) is 3.32. The number of hydrogen-bond acceptors (Lipinski definition) is 5. The van der Waals surface area contributed by atoms with Crippen LogP contribution in [-0.4, -0.2) is 33.4 Å². The van der Waals surface area contributed by atoms with Crippen molar-refractivity contribution in [3.8, 4) is 0 Å². The van der Waals surface area contributed by atoms with Crippen molar-refractivity contribution in [2.24, 2.45) is 0 Å². The van der Waals surface area contributed by atoms with Gasteiger partial charge in [0.05, 0.1) is 22.1 Å². The number of aryl methyl sites for hydroxylation is 1. The summed E-state index contributed by atoms with van der Waals surface area (Å²) in [5.41, 5.74) is 1.38. The van der Waals surface area contributed by atoms with Gasteiger partial charge in [0.25, 0.3) is 0 Å². The molecule has 1 fully saturated rings. The number of pyridine rings is 1. The molecular formula is C18H16ClN5O. The van der Waals surface area contributed by atoms with Crippen molar-refractivity contribution in [1.82, 2.24) is 15.0 Å². The Morgan fingerprint density at radius 2 is 2.04 bits per heavy atom. The Bertz CT molecular complexity index is 961. The maximum atomic E-state index is 12.4. The molecule has 1 aliphatic heterocycles. The van der Waals surface area contributed by atoms with Crippen LogP contribution in [0.4, 0.5) is 11.5 Å². The van der Waals surface area contributed by atoms with Gasteiger partial charge in [-0.1, -0.05) is 23.7 Å². The zero-order chi connectivity index (χ0) is 17.4. The van der Waals surface area contributed by atoms with E-state index in [1.54, 1.807) is 17.2 Å². The van der Waals surface area contributed by atoms with E-state index >= 15 is 0 Å². The minimum absolute atomic E-state index is 0.0406. The molecule has 0 bridgehead atoms. The number of aromatic nitrogens is 3. The molecule has 1 N–H and O–H groups in total. The molecule has 7 heteroatoms. The fraction of sp³-hybridized carbons (Fsp3) is 0.222. The SMILES string of the molecule is Cc1nc(N[C@@H]2CC(=O)N(c3ccccc3Cl)C2)c2cccnc2n1. The van der Waals surface area contributed by atoms with Crippen molar-refractivity contribution in [2.45, 2.75) is 19.4 Å². The Morgan fingerprint density at radius 3 is 2.88 bits per heavy atom. The lowest BCUT2D eigenvalue weighted by Crippen LogP contribution is -2.28. The van der Waals surface area contributed by atoms with Crippen molar-refractivity contribution in [2.75, 3.05) is 16.8 Å². The summed E-state index contributed by atoms with van der Waals surface area (Å²) in [5.74, 6) is 1.38. The molecule has 1 atom stereocenters. The third kappa shape index (κ3) is 3.00. The van der Waals surface area contributed by atoms with Gasteiger partial charge in [-0.2, -0.15) is 0 Å². The van der Waals surface area contributed by atoms with Gasteiger partial charge in [0.1, 0.15) is 11.6 Å². The Morgan fingerprint density at radius 1 is 1.20 bits per heavy atom. The van der Waals surface area contributed by atoms with E-state index in [0.717, 1.165) is 11.1 Å². The minimum Gasteiger partial charge on any atom is -0.364 e. The van der Waals surface area contributed by atoms with Crippen molar-refractivity contribution in [1.29, 1.82) is 0 Å². The van der Waals surface area contributed by atoms with Crippen LogP contribution in [0.1, 0.15) is 12.2 Å². The summed E-state index contributed by atoms with van der Waals surface area (Å²) in [6, 6.07) is 11.1. The number of nitrogens with zero attached hydrogens (tertiary/aromatic N) is 4. The second kappa shape index (κ2) is 6.29. The first-order valence-corrected chi connectivity index (χ1v) is 8.40. The molecule has 1 aromatic carbocycles. The molecule has 4 rings (SSSR count). The zero-order valence-electron chi connectivity index (χ0n) is 13.6. The number of para-hydroxylation sites is 1. The van der Waals surface area contributed by atoms with E-state index < -0.39 is 0 Å². The highest BCUT2D eigenvalue weighted by Gasteiger charge is 2.32. The quantitative estimate of drug-likeness (QED) is 0.783. The molecule has 0 saturated carbocycles. The highest BCUT2D eigenvalue weighted by atomic mass is 35.5. The molecule has 25 heavy (non-hydrogen) atoms. The predicted octanol–water partition coefficient (Wildman–Crippen LogP) is 3.20. The summed E-state index contributed by atoms with van der Waals surface area (Å²) in [5, 5.41) is 4.79. The number of nitrogens with one attached hydrogen (secondary N) is 1. The van der Waals surface area contributed by atoms with Crippen molar-refractivity contribution < 1.29 is 4.79 Å². The molecule has 3 aromatic rings. The normalized spacial score (nSPS) is 17.3. The van der Waals surface area contributed by atoms with Gasteiger partial charge in [0, 0.05) is 19.2 Å². The maximum Gasteiger partial charge on any atom is 0.229 e. The molecule has 1 saturated heterocycles. The average Bonchev–Trinajstić information content (AvgIpc) is 2.95. The molecule has 126 valence electrons. The smallest absolute Gasteiger partial charge is 0.229 e. The van der Waals surface area contributed by atoms with Crippen molar-refractivity contribution in [3.63, 3.8) is 0 Å². The summed E-state index contributed by atoms with van der Waals surface area (Å²) in [6.45, 7) is 2.36. The van der Waals surface area contributed by atoms with E-state index in [4.69, 9.17) is 11.6 Å². The number of halogens is 1. The second-order valence-electron chi connectivity index (χ2n) is 6.00.